The highest BCUT2D eigenvalue weighted by Gasteiger charge is 2.43. The van der Waals surface area contributed by atoms with Crippen LogP contribution >= 0.6 is 0 Å². The summed E-state index contributed by atoms with van der Waals surface area (Å²) in [6, 6.07) is 0.841. The largest absolute Gasteiger partial charge is 0.558 e. The molecule has 0 unspecified atom stereocenters. The van der Waals surface area contributed by atoms with E-state index in [1.165, 1.54) is 0 Å². The van der Waals surface area contributed by atoms with Crippen LogP contribution in [0.2, 0.25) is 51.9 Å². The molecule has 0 aliphatic rings. The van der Waals surface area contributed by atoms with E-state index in [2.05, 4.69) is 13.1 Å². The van der Waals surface area contributed by atoms with E-state index in [4.69, 9.17) is 13.3 Å². The van der Waals surface area contributed by atoms with E-state index in [1.54, 1.807) is 0 Å². The van der Waals surface area contributed by atoms with Crippen LogP contribution in [0.3, 0.4) is 0 Å². The minimum Gasteiger partial charge on any atom is -0.558 e. The summed E-state index contributed by atoms with van der Waals surface area (Å²) < 4.78 is 36.1. The van der Waals surface area contributed by atoms with Crippen LogP contribution in [0.1, 0.15) is 6.42 Å². The Balaban J connectivity index is 4.67. The summed E-state index contributed by atoms with van der Waals surface area (Å²) in [5.74, 6) is 0. The molecule has 0 saturated carbocycles. The Kier molecular flexibility index (Phi) is 7.76. The van der Waals surface area contributed by atoms with Crippen LogP contribution in [0.15, 0.2) is 0 Å². The van der Waals surface area contributed by atoms with Gasteiger partial charge >= 0.3 is 24.7 Å². The molecule has 0 atom stereocenters. The van der Waals surface area contributed by atoms with Crippen molar-refractivity contribution in [3.05, 3.63) is 0 Å². The third kappa shape index (κ3) is 8.00. The monoisotopic (exact) mass is 368 g/mol. The fourth-order valence-electron chi connectivity index (χ4n) is 1.82. The van der Waals surface area contributed by atoms with E-state index in [0.717, 1.165) is 6.04 Å². The fraction of sp³-hybridized carbons (Fsp3) is 1.00. The number of aliphatic hydroxyl groups excluding tert-OH is 1. The van der Waals surface area contributed by atoms with Crippen LogP contribution in [-0.2, 0) is 17.2 Å². The Bertz CT molecular complexity index is 364. The zero-order valence-electron chi connectivity index (χ0n) is 13.7. The van der Waals surface area contributed by atoms with Gasteiger partial charge in [-0.15, -0.1) is 0 Å². The first-order valence-electron chi connectivity index (χ1n) is 6.89. The number of hydrogen-bond acceptors (Lipinski definition) is 5. The normalized spacial score (nSPS) is 13.2. The van der Waals surface area contributed by atoms with Gasteiger partial charge in [-0.05, 0) is 38.7 Å². The standard InChI is InChI=1S/C10H28O5Si5/c1-18(2,3)17(13)16(12)14-20(6,7)15-19(4,5)10-8-9-11/h11H,8-10H2,1-7H3. The minimum atomic E-state index is -2.53. The third-order valence-corrected chi connectivity index (χ3v) is 27.5. The number of hydrogen-bond donors (Lipinski definition) is 1. The summed E-state index contributed by atoms with van der Waals surface area (Å²) >= 11 is 0. The molecule has 0 aliphatic heterocycles. The molecule has 0 aliphatic carbocycles. The smallest absolute Gasteiger partial charge is 0.525 e. The molecule has 0 bridgehead atoms. The average Bonchev–Trinajstić information content (AvgIpc) is 2.21. The van der Waals surface area contributed by atoms with Gasteiger partial charge in [0.15, 0.2) is 8.32 Å². The predicted octanol–water partition coefficient (Wildman–Crippen LogP) is 2.14. The number of rotatable bonds is 9. The second-order valence-corrected chi connectivity index (χ2v) is 31.2. The second-order valence-electron chi connectivity index (χ2n) is 7.06. The molecule has 0 heterocycles. The molecule has 20 heavy (non-hydrogen) atoms. The quantitative estimate of drug-likeness (QED) is 0.631. The highest BCUT2D eigenvalue weighted by Crippen LogP contribution is 2.21. The first-order valence-corrected chi connectivity index (χ1v) is 21.1. The van der Waals surface area contributed by atoms with Crippen molar-refractivity contribution >= 4 is 40.6 Å². The van der Waals surface area contributed by atoms with Crippen molar-refractivity contribution in [3.8, 4) is 0 Å². The van der Waals surface area contributed by atoms with Crippen molar-refractivity contribution < 1.29 is 22.3 Å². The third-order valence-electron chi connectivity index (χ3n) is 2.66. The highest BCUT2D eigenvalue weighted by atomic mass is 29.6. The lowest BCUT2D eigenvalue weighted by Crippen LogP contribution is -2.53. The van der Waals surface area contributed by atoms with E-state index in [9.17, 15) is 8.92 Å². The Hall–Kier alpha value is 0.404. The molecule has 0 aromatic heterocycles. The van der Waals surface area contributed by atoms with Crippen molar-refractivity contribution in [1.82, 2.24) is 0 Å². The molecule has 5 nitrogen and oxygen atoms in total. The Morgan fingerprint density at radius 3 is 1.90 bits per heavy atom. The maximum Gasteiger partial charge on any atom is 0.525 e. The van der Waals surface area contributed by atoms with Gasteiger partial charge in [-0.2, -0.15) is 0 Å². The molecule has 0 radical (unpaired) electrons. The van der Waals surface area contributed by atoms with Gasteiger partial charge < -0.3 is 22.3 Å². The Morgan fingerprint density at radius 1 is 1.00 bits per heavy atom. The molecule has 0 saturated heterocycles. The van der Waals surface area contributed by atoms with Crippen LogP contribution < -0.4 is 0 Å². The van der Waals surface area contributed by atoms with Crippen molar-refractivity contribution in [2.45, 2.75) is 58.3 Å². The first-order chi connectivity index (χ1) is 8.81. The maximum atomic E-state index is 12.2. The summed E-state index contributed by atoms with van der Waals surface area (Å²) in [5, 5.41) is 8.90. The van der Waals surface area contributed by atoms with Gasteiger partial charge in [0, 0.05) is 6.61 Å². The summed E-state index contributed by atoms with van der Waals surface area (Å²) in [6.45, 7) is 13.9. The summed E-state index contributed by atoms with van der Waals surface area (Å²) in [6.07, 6.45) is 0.713. The molecular weight excluding hydrogens is 341 g/mol. The lowest BCUT2D eigenvalue weighted by molar-refractivity contribution is 0.291. The van der Waals surface area contributed by atoms with E-state index in [1.807, 2.05) is 32.7 Å². The fourth-order valence-corrected chi connectivity index (χ4v) is 23.6. The average molecular weight is 369 g/mol. The van der Waals surface area contributed by atoms with Crippen LogP contribution in [0, 0.1) is 0 Å². The van der Waals surface area contributed by atoms with Crippen LogP contribution in [0.25, 0.3) is 0 Å². The summed E-state index contributed by atoms with van der Waals surface area (Å²) in [4.78, 5) is 0. The van der Waals surface area contributed by atoms with Gasteiger partial charge in [0.1, 0.15) is 7.59 Å². The minimum absolute atomic E-state index is 0.155. The molecule has 0 amide bonds. The molecule has 1 N–H and O–H groups in total. The Morgan fingerprint density at radius 2 is 1.50 bits per heavy atom. The van der Waals surface area contributed by atoms with Gasteiger partial charge in [0.25, 0.3) is 0 Å². The summed E-state index contributed by atoms with van der Waals surface area (Å²) in [7, 11) is -11.0. The van der Waals surface area contributed by atoms with E-state index in [-0.39, 0.29) is 6.61 Å². The lowest BCUT2D eigenvalue weighted by atomic mass is 10.5. The SMILES string of the molecule is C[Si](C)(CCCO)O[Si](C)(C)O[Si](=O)[Si](=O)[Si](C)(C)C. The molecular formula is C10H28O5Si5. The molecule has 0 spiro atoms. The molecule has 118 valence electrons. The van der Waals surface area contributed by atoms with Crippen LogP contribution in [-0.4, -0.2) is 52.3 Å². The van der Waals surface area contributed by atoms with Gasteiger partial charge in [-0.3, -0.25) is 0 Å². The van der Waals surface area contributed by atoms with Gasteiger partial charge in [0.05, 0.1) is 0 Å². The summed E-state index contributed by atoms with van der Waals surface area (Å²) in [5.41, 5.74) is 0. The predicted molar refractivity (Wildman–Crippen MR) is 89.9 cm³/mol. The molecule has 0 aromatic rings. The van der Waals surface area contributed by atoms with Crippen LogP contribution in [0.5, 0.6) is 0 Å². The highest BCUT2D eigenvalue weighted by molar-refractivity contribution is 7.46. The van der Waals surface area contributed by atoms with Gasteiger partial charge in [-0.25, -0.2) is 0 Å². The van der Waals surface area contributed by atoms with Crippen molar-refractivity contribution in [2.75, 3.05) is 6.61 Å². The zero-order valence-corrected chi connectivity index (χ0v) is 18.7. The van der Waals surface area contributed by atoms with Crippen molar-refractivity contribution in [2.24, 2.45) is 0 Å². The molecule has 10 heteroatoms. The topological polar surface area (TPSA) is 72.8 Å². The Labute approximate surface area is 128 Å². The first kappa shape index (κ1) is 20.4. The maximum absolute atomic E-state index is 12.2. The van der Waals surface area contributed by atoms with Crippen molar-refractivity contribution in [1.29, 1.82) is 0 Å². The number of aliphatic hydroxyl groups is 1. The van der Waals surface area contributed by atoms with E-state index in [0.29, 0.717) is 6.42 Å². The lowest BCUT2D eigenvalue weighted by Gasteiger charge is -2.33. The molecule has 0 rings (SSSR count). The zero-order chi connectivity index (χ0) is 16.2. The van der Waals surface area contributed by atoms with E-state index < -0.39 is 40.6 Å². The van der Waals surface area contributed by atoms with E-state index >= 15 is 0 Å². The molecule has 0 aromatic carbocycles. The van der Waals surface area contributed by atoms with Gasteiger partial charge in [0.2, 0.25) is 0 Å². The van der Waals surface area contributed by atoms with Gasteiger partial charge in [-0.1, -0.05) is 19.6 Å². The van der Waals surface area contributed by atoms with Crippen LogP contribution in [0.4, 0.5) is 0 Å². The molecule has 0 fully saturated rings. The second kappa shape index (κ2) is 7.60. The van der Waals surface area contributed by atoms with Crippen molar-refractivity contribution in [3.63, 3.8) is 0 Å².